The van der Waals surface area contributed by atoms with Gasteiger partial charge >= 0.3 is 5.97 Å². The Hall–Kier alpha value is -2.17. The molecule has 0 aliphatic rings. The molecule has 98 valence electrons. The molecule has 0 aliphatic heterocycles. The van der Waals surface area contributed by atoms with Gasteiger partial charge in [-0.05, 0) is 23.3 Å². The third-order valence-corrected chi connectivity index (χ3v) is 2.82. The third kappa shape index (κ3) is 3.64. The second-order valence-electron chi connectivity index (χ2n) is 4.20. The van der Waals surface area contributed by atoms with E-state index in [1.165, 1.54) is 0 Å². The van der Waals surface area contributed by atoms with Crippen LogP contribution in [0.15, 0.2) is 54.6 Å². The number of aromatic carboxylic acids is 1. The van der Waals surface area contributed by atoms with Gasteiger partial charge in [0.1, 0.15) is 6.23 Å². The van der Waals surface area contributed by atoms with Crippen molar-refractivity contribution < 1.29 is 15.0 Å². The molecule has 0 spiro atoms. The summed E-state index contributed by atoms with van der Waals surface area (Å²) in [6.45, 7) is 0.468. The van der Waals surface area contributed by atoms with Gasteiger partial charge in [0.2, 0.25) is 0 Å². The van der Waals surface area contributed by atoms with Crippen molar-refractivity contribution in [3.05, 3.63) is 71.3 Å². The van der Waals surface area contributed by atoms with Gasteiger partial charge in [0, 0.05) is 6.54 Å². The van der Waals surface area contributed by atoms with Gasteiger partial charge in [0.15, 0.2) is 0 Å². The van der Waals surface area contributed by atoms with Gasteiger partial charge in [-0.3, -0.25) is 5.32 Å². The fourth-order valence-corrected chi connectivity index (χ4v) is 1.73. The van der Waals surface area contributed by atoms with Crippen molar-refractivity contribution in [1.29, 1.82) is 0 Å². The highest BCUT2D eigenvalue weighted by molar-refractivity contribution is 5.87. The Kier molecular flexibility index (Phi) is 4.28. The van der Waals surface area contributed by atoms with Crippen molar-refractivity contribution in [2.45, 2.75) is 12.8 Å². The van der Waals surface area contributed by atoms with Crippen LogP contribution in [-0.4, -0.2) is 16.2 Å². The summed E-state index contributed by atoms with van der Waals surface area (Å²) in [6.07, 6.45) is -0.736. The van der Waals surface area contributed by atoms with Crippen molar-refractivity contribution in [2.75, 3.05) is 0 Å². The molecule has 0 saturated heterocycles. The standard InChI is InChI=1S/C15H15NO3/c17-14(12-4-2-1-3-5-12)16-10-11-6-8-13(9-7-11)15(18)19/h1-9,14,16-17H,10H2,(H,18,19). The molecule has 3 N–H and O–H groups in total. The Labute approximate surface area is 111 Å². The van der Waals surface area contributed by atoms with Crippen LogP contribution in [-0.2, 0) is 6.54 Å². The van der Waals surface area contributed by atoms with Gasteiger partial charge in [-0.15, -0.1) is 0 Å². The average molecular weight is 257 g/mol. The normalized spacial score (nSPS) is 12.1. The van der Waals surface area contributed by atoms with E-state index in [4.69, 9.17) is 5.11 Å². The Morgan fingerprint density at radius 2 is 1.68 bits per heavy atom. The molecule has 0 aromatic heterocycles. The quantitative estimate of drug-likeness (QED) is 0.718. The van der Waals surface area contributed by atoms with Crippen LogP contribution in [0.3, 0.4) is 0 Å². The average Bonchev–Trinajstić information content (AvgIpc) is 2.46. The van der Waals surface area contributed by atoms with Crippen molar-refractivity contribution in [1.82, 2.24) is 5.32 Å². The van der Waals surface area contributed by atoms with Gasteiger partial charge < -0.3 is 10.2 Å². The van der Waals surface area contributed by atoms with Crippen molar-refractivity contribution in [3.8, 4) is 0 Å². The van der Waals surface area contributed by atoms with Gasteiger partial charge in [-0.2, -0.15) is 0 Å². The molecule has 1 atom stereocenters. The maximum absolute atomic E-state index is 10.7. The summed E-state index contributed by atoms with van der Waals surface area (Å²) in [5.41, 5.74) is 1.97. The van der Waals surface area contributed by atoms with E-state index >= 15 is 0 Å². The van der Waals surface area contributed by atoms with Crippen molar-refractivity contribution in [2.24, 2.45) is 0 Å². The number of hydrogen-bond acceptors (Lipinski definition) is 3. The van der Waals surface area contributed by atoms with Gasteiger partial charge in [-0.25, -0.2) is 4.79 Å². The largest absolute Gasteiger partial charge is 0.478 e. The first-order chi connectivity index (χ1) is 9.16. The van der Waals surface area contributed by atoms with Crippen LogP contribution in [0, 0.1) is 0 Å². The van der Waals surface area contributed by atoms with E-state index in [1.807, 2.05) is 30.3 Å². The molecule has 0 bridgehead atoms. The fraction of sp³-hybridized carbons (Fsp3) is 0.133. The fourth-order valence-electron chi connectivity index (χ4n) is 1.73. The third-order valence-electron chi connectivity index (χ3n) is 2.82. The molecule has 19 heavy (non-hydrogen) atoms. The minimum absolute atomic E-state index is 0.257. The Balaban J connectivity index is 1.93. The number of aliphatic hydroxyl groups excluding tert-OH is 1. The van der Waals surface area contributed by atoms with E-state index in [9.17, 15) is 9.90 Å². The predicted octanol–water partition coefficient (Wildman–Crippen LogP) is 2.17. The molecule has 2 aromatic carbocycles. The van der Waals surface area contributed by atoms with Crippen LogP contribution in [0.2, 0.25) is 0 Å². The highest BCUT2D eigenvalue weighted by atomic mass is 16.4. The number of benzene rings is 2. The smallest absolute Gasteiger partial charge is 0.335 e. The van der Waals surface area contributed by atoms with Crippen molar-refractivity contribution >= 4 is 5.97 Å². The molecule has 4 heteroatoms. The maximum Gasteiger partial charge on any atom is 0.335 e. The summed E-state index contributed by atoms with van der Waals surface area (Å²) < 4.78 is 0. The minimum Gasteiger partial charge on any atom is -0.478 e. The van der Waals surface area contributed by atoms with Crippen LogP contribution >= 0.6 is 0 Å². The minimum atomic E-state index is -0.941. The van der Waals surface area contributed by atoms with E-state index in [0.717, 1.165) is 11.1 Å². The number of carbonyl (C=O) groups is 1. The molecule has 0 saturated carbocycles. The van der Waals surface area contributed by atoms with E-state index in [1.54, 1.807) is 24.3 Å². The number of rotatable bonds is 5. The molecule has 4 nitrogen and oxygen atoms in total. The van der Waals surface area contributed by atoms with Gasteiger partial charge in [0.05, 0.1) is 5.56 Å². The lowest BCUT2D eigenvalue weighted by atomic mass is 10.1. The topological polar surface area (TPSA) is 69.6 Å². The molecule has 0 radical (unpaired) electrons. The van der Waals surface area contributed by atoms with Crippen LogP contribution in [0.4, 0.5) is 0 Å². The van der Waals surface area contributed by atoms with Crippen LogP contribution in [0.5, 0.6) is 0 Å². The SMILES string of the molecule is O=C(O)c1ccc(CNC(O)c2ccccc2)cc1. The lowest BCUT2D eigenvalue weighted by Crippen LogP contribution is -2.20. The lowest BCUT2D eigenvalue weighted by molar-refractivity contribution is 0.0697. The lowest BCUT2D eigenvalue weighted by Gasteiger charge is -2.13. The highest BCUT2D eigenvalue weighted by Crippen LogP contribution is 2.10. The Morgan fingerprint density at radius 3 is 2.26 bits per heavy atom. The number of hydrogen-bond donors (Lipinski definition) is 3. The van der Waals surface area contributed by atoms with E-state index in [2.05, 4.69) is 5.32 Å². The van der Waals surface area contributed by atoms with Crippen molar-refractivity contribution in [3.63, 3.8) is 0 Å². The second kappa shape index (κ2) is 6.13. The summed E-state index contributed by atoms with van der Waals surface area (Å²) in [6, 6.07) is 15.9. The predicted molar refractivity (Wildman–Crippen MR) is 71.6 cm³/mol. The Morgan fingerprint density at radius 1 is 1.05 bits per heavy atom. The molecule has 2 rings (SSSR count). The first kappa shape index (κ1) is 13.3. The highest BCUT2D eigenvalue weighted by Gasteiger charge is 2.06. The second-order valence-corrected chi connectivity index (χ2v) is 4.20. The van der Waals surface area contributed by atoms with Gasteiger partial charge in [-0.1, -0.05) is 42.5 Å². The van der Waals surface area contributed by atoms with E-state index in [-0.39, 0.29) is 5.56 Å². The summed E-state index contributed by atoms with van der Waals surface area (Å²) >= 11 is 0. The van der Waals surface area contributed by atoms with Crippen LogP contribution in [0.25, 0.3) is 0 Å². The summed E-state index contributed by atoms with van der Waals surface area (Å²) in [5.74, 6) is -0.941. The molecular formula is C15H15NO3. The molecular weight excluding hydrogens is 242 g/mol. The number of nitrogens with one attached hydrogen (secondary N) is 1. The zero-order chi connectivity index (χ0) is 13.7. The van der Waals surface area contributed by atoms with Gasteiger partial charge in [0.25, 0.3) is 0 Å². The van der Waals surface area contributed by atoms with Crippen LogP contribution in [0.1, 0.15) is 27.7 Å². The maximum atomic E-state index is 10.7. The van der Waals surface area contributed by atoms with E-state index < -0.39 is 12.2 Å². The molecule has 2 aromatic rings. The zero-order valence-corrected chi connectivity index (χ0v) is 10.3. The summed E-state index contributed by atoms with van der Waals surface area (Å²) in [5, 5.41) is 21.7. The summed E-state index contributed by atoms with van der Waals surface area (Å²) in [4.78, 5) is 10.7. The van der Waals surface area contributed by atoms with Crippen LogP contribution < -0.4 is 5.32 Å². The first-order valence-electron chi connectivity index (χ1n) is 5.95. The molecule has 1 unspecified atom stereocenters. The monoisotopic (exact) mass is 257 g/mol. The number of carboxylic acids is 1. The number of carboxylic acid groups (broad SMARTS) is 1. The van der Waals surface area contributed by atoms with E-state index in [0.29, 0.717) is 6.54 Å². The summed E-state index contributed by atoms with van der Waals surface area (Å²) in [7, 11) is 0. The molecule has 0 amide bonds. The molecule has 0 aliphatic carbocycles. The molecule has 0 fully saturated rings. The Bertz CT molecular complexity index is 537. The zero-order valence-electron chi connectivity index (χ0n) is 10.3. The number of aliphatic hydroxyl groups is 1. The molecule has 0 heterocycles. The first-order valence-corrected chi connectivity index (χ1v) is 5.95.